The van der Waals surface area contributed by atoms with E-state index in [9.17, 15) is 4.39 Å². The summed E-state index contributed by atoms with van der Waals surface area (Å²) in [5, 5.41) is 0.243. The third-order valence-corrected chi connectivity index (χ3v) is 6.06. The second-order valence-electron chi connectivity index (χ2n) is 7.72. The molecule has 28 heavy (non-hydrogen) atoms. The van der Waals surface area contributed by atoms with Gasteiger partial charge in [-0.05, 0) is 67.2 Å². The topological polar surface area (TPSA) is 0 Å². The lowest BCUT2D eigenvalue weighted by Crippen LogP contribution is -2.02. The molecule has 0 heterocycles. The highest BCUT2D eigenvalue weighted by molar-refractivity contribution is 6.33. The van der Waals surface area contributed by atoms with Gasteiger partial charge in [-0.2, -0.15) is 0 Å². The average Bonchev–Trinajstić information content (AvgIpc) is 2.72. The van der Waals surface area contributed by atoms with Crippen molar-refractivity contribution in [2.24, 2.45) is 5.92 Å². The molecule has 0 bridgehead atoms. The highest BCUT2D eigenvalue weighted by Gasteiger charge is 2.15. The summed E-state index contributed by atoms with van der Waals surface area (Å²) in [6.45, 7) is 4.24. The lowest BCUT2D eigenvalue weighted by Gasteiger charge is -2.19. The van der Waals surface area contributed by atoms with Crippen LogP contribution in [0.1, 0.15) is 63.5 Å². The minimum atomic E-state index is -0.260. The van der Waals surface area contributed by atoms with Crippen molar-refractivity contribution in [3.8, 4) is 11.1 Å². The molecule has 2 aromatic rings. The summed E-state index contributed by atoms with van der Waals surface area (Å²) in [7, 11) is 0. The van der Waals surface area contributed by atoms with Crippen LogP contribution in [0.3, 0.4) is 0 Å². The quantitative estimate of drug-likeness (QED) is 0.324. The van der Waals surface area contributed by atoms with Gasteiger partial charge in [0, 0.05) is 5.56 Å². The van der Waals surface area contributed by atoms with Gasteiger partial charge in [0.2, 0.25) is 0 Å². The van der Waals surface area contributed by atoms with Crippen molar-refractivity contribution < 1.29 is 4.39 Å². The van der Waals surface area contributed by atoms with Crippen molar-refractivity contribution in [3.63, 3.8) is 0 Å². The van der Waals surface area contributed by atoms with E-state index in [0.29, 0.717) is 5.92 Å². The number of hydrogen-bond donors (Lipinski definition) is 0. The van der Waals surface area contributed by atoms with Crippen LogP contribution < -0.4 is 0 Å². The summed E-state index contributed by atoms with van der Waals surface area (Å²) in [5.41, 5.74) is 5.14. The summed E-state index contributed by atoms with van der Waals surface area (Å²) in [6, 6.07) is 12.3. The number of aryl methyl sites for hydroxylation is 1. The van der Waals surface area contributed by atoms with E-state index in [4.69, 9.17) is 11.6 Å². The maximum Gasteiger partial charge on any atom is 0.145 e. The molecule has 0 saturated carbocycles. The molecule has 1 unspecified atom stereocenters. The zero-order chi connectivity index (χ0) is 19.9. The van der Waals surface area contributed by atoms with Crippen LogP contribution in [0.5, 0.6) is 0 Å². The molecule has 2 aromatic carbocycles. The van der Waals surface area contributed by atoms with E-state index in [1.807, 2.05) is 12.1 Å². The van der Waals surface area contributed by atoms with Crippen LogP contribution in [0.4, 0.5) is 4.39 Å². The zero-order valence-corrected chi connectivity index (χ0v) is 17.7. The minimum absolute atomic E-state index is 0.243. The highest BCUT2D eigenvalue weighted by atomic mass is 35.5. The average molecular weight is 397 g/mol. The Morgan fingerprint density at radius 1 is 1.07 bits per heavy atom. The molecule has 0 saturated heterocycles. The first-order chi connectivity index (χ1) is 13.6. The third-order valence-electron chi connectivity index (χ3n) is 5.69. The molecule has 0 aliphatic heterocycles. The van der Waals surface area contributed by atoms with Gasteiger partial charge >= 0.3 is 0 Å². The molecule has 0 N–H and O–H groups in total. The molecule has 0 radical (unpaired) electrons. The maximum absolute atomic E-state index is 14.7. The first kappa shape index (κ1) is 20.9. The van der Waals surface area contributed by atoms with Gasteiger partial charge in [-0.3, -0.25) is 0 Å². The summed E-state index contributed by atoms with van der Waals surface area (Å²) in [5.74, 6) is 0.412. The van der Waals surface area contributed by atoms with Crippen LogP contribution in [0, 0.1) is 11.7 Å². The van der Waals surface area contributed by atoms with Crippen molar-refractivity contribution >= 4 is 17.2 Å². The Kier molecular flexibility index (Phi) is 7.50. The molecule has 0 spiro atoms. The Bertz CT molecular complexity index is 845. The second kappa shape index (κ2) is 10.1. The molecule has 2 heteroatoms. The Labute approximate surface area is 174 Å². The molecule has 0 aromatic heterocycles. The number of halogens is 2. The summed E-state index contributed by atoms with van der Waals surface area (Å²) < 4.78 is 14.7. The number of rotatable bonds is 7. The molecule has 0 nitrogen and oxygen atoms in total. The summed E-state index contributed by atoms with van der Waals surface area (Å²) >= 11 is 6.39. The van der Waals surface area contributed by atoms with Gasteiger partial charge in [-0.15, -0.1) is 0 Å². The fourth-order valence-corrected chi connectivity index (χ4v) is 4.29. The summed E-state index contributed by atoms with van der Waals surface area (Å²) in [6.07, 6.45) is 14.2. The SMILES string of the molecule is CC=CC1CC=C(c2ccc(-c3ccc(CCCCC)c(F)c3Cl)cc2)CC1. The van der Waals surface area contributed by atoms with Crippen molar-refractivity contribution in [3.05, 3.63) is 76.6 Å². The van der Waals surface area contributed by atoms with Crippen LogP contribution >= 0.6 is 11.6 Å². The Balaban J connectivity index is 1.76. The van der Waals surface area contributed by atoms with Crippen molar-refractivity contribution in [1.29, 1.82) is 0 Å². The fraction of sp³-hybridized carbons (Fsp3) is 0.385. The van der Waals surface area contributed by atoms with E-state index in [0.717, 1.165) is 55.2 Å². The van der Waals surface area contributed by atoms with E-state index < -0.39 is 0 Å². The van der Waals surface area contributed by atoms with Gasteiger partial charge in [0.1, 0.15) is 5.82 Å². The van der Waals surface area contributed by atoms with Crippen LogP contribution in [0.15, 0.2) is 54.6 Å². The molecule has 1 aliphatic carbocycles. The van der Waals surface area contributed by atoms with Crippen LogP contribution in [-0.4, -0.2) is 0 Å². The molecular formula is C26H30ClF. The monoisotopic (exact) mass is 396 g/mol. The van der Waals surface area contributed by atoms with Crippen molar-refractivity contribution in [2.45, 2.75) is 58.8 Å². The lowest BCUT2D eigenvalue weighted by atomic mass is 9.86. The van der Waals surface area contributed by atoms with Gasteiger partial charge in [0.05, 0.1) is 5.02 Å². The van der Waals surface area contributed by atoms with Crippen LogP contribution in [0.25, 0.3) is 16.7 Å². The molecular weight excluding hydrogens is 367 g/mol. The molecule has 0 fully saturated rings. The van der Waals surface area contributed by atoms with Gasteiger partial charge in [-0.25, -0.2) is 4.39 Å². The van der Waals surface area contributed by atoms with E-state index in [1.54, 1.807) is 0 Å². The predicted octanol–water partition coefficient (Wildman–Crippen LogP) is 8.64. The van der Waals surface area contributed by atoms with Gasteiger partial charge < -0.3 is 0 Å². The highest BCUT2D eigenvalue weighted by Crippen LogP contribution is 2.35. The van der Waals surface area contributed by atoms with E-state index >= 15 is 0 Å². The van der Waals surface area contributed by atoms with Gasteiger partial charge in [-0.1, -0.05) is 86.0 Å². The first-order valence-corrected chi connectivity index (χ1v) is 10.9. The smallest absolute Gasteiger partial charge is 0.145 e. The minimum Gasteiger partial charge on any atom is -0.205 e. The van der Waals surface area contributed by atoms with E-state index in [1.165, 1.54) is 17.6 Å². The molecule has 1 atom stereocenters. The first-order valence-electron chi connectivity index (χ1n) is 10.5. The Morgan fingerprint density at radius 3 is 2.46 bits per heavy atom. The lowest BCUT2D eigenvalue weighted by molar-refractivity contribution is 0.591. The van der Waals surface area contributed by atoms with Crippen LogP contribution in [0.2, 0.25) is 5.02 Å². The van der Waals surface area contributed by atoms with Gasteiger partial charge in [0.25, 0.3) is 0 Å². The Hall–Kier alpha value is -1.86. The van der Waals surface area contributed by atoms with E-state index in [2.05, 4.69) is 56.3 Å². The molecule has 1 aliphatic rings. The van der Waals surface area contributed by atoms with Gasteiger partial charge in [0.15, 0.2) is 0 Å². The predicted molar refractivity (Wildman–Crippen MR) is 120 cm³/mol. The van der Waals surface area contributed by atoms with Crippen molar-refractivity contribution in [2.75, 3.05) is 0 Å². The zero-order valence-electron chi connectivity index (χ0n) is 17.0. The van der Waals surface area contributed by atoms with Crippen LogP contribution in [-0.2, 0) is 6.42 Å². The number of hydrogen-bond acceptors (Lipinski definition) is 0. The number of benzene rings is 2. The Morgan fingerprint density at radius 2 is 1.82 bits per heavy atom. The maximum atomic E-state index is 14.7. The second-order valence-corrected chi connectivity index (χ2v) is 8.10. The fourth-order valence-electron chi connectivity index (χ4n) is 4.00. The standard InChI is InChI=1S/C26H30ClF/c1-3-5-6-8-23-17-18-24(25(27)26(23)28)22-15-13-21(14-16-22)20-11-9-19(7-4-2)10-12-20/h4,7,11,13-19H,3,5-6,8-10,12H2,1-2H3. The number of unbranched alkanes of at least 4 members (excludes halogenated alkanes) is 2. The largest absolute Gasteiger partial charge is 0.205 e. The molecule has 3 rings (SSSR count). The summed E-state index contributed by atoms with van der Waals surface area (Å²) in [4.78, 5) is 0. The van der Waals surface area contributed by atoms with Crippen molar-refractivity contribution in [1.82, 2.24) is 0 Å². The normalized spacial score (nSPS) is 17.1. The molecule has 0 amide bonds. The van der Waals surface area contributed by atoms with E-state index in [-0.39, 0.29) is 10.8 Å². The number of allylic oxidation sites excluding steroid dienone is 4. The molecule has 148 valence electrons. The third kappa shape index (κ3) is 4.94.